The topological polar surface area (TPSA) is 46.6 Å². The Morgan fingerprint density at radius 1 is 0.757 bits per heavy atom. The van der Waals surface area contributed by atoms with Crippen molar-refractivity contribution in [1.29, 1.82) is 0 Å². The van der Waals surface area contributed by atoms with E-state index in [1.807, 2.05) is 54.6 Å². The predicted molar refractivity (Wildman–Crippen MR) is 145 cm³/mol. The minimum atomic E-state index is -0.423. The molecule has 0 amide bonds. The Hall–Kier alpha value is -3.92. The Kier molecular flexibility index (Phi) is 5.35. The van der Waals surface area contributed by atoms with Gasteiger partial charge in [0.1, 0.15) is 0 Å². The van der Waals surface area contributed by atoms with Gasteiger partial charge in [0.05, 0.1) is 5.56 Å². The summed E-state index contributed by atoms with van der Waals surface area (Å²) in [6.45, 7) is 1.91. The number of benzene rings is 3. The van der Waals surface area contributed by atoms with Crippen molar-refractivity contribution in [3.8, 4) is 11.1 Å². The molecule has 0 radical (unpaired) electrons. The number of rotatable bonds is 5. The van der Waals surface area contributed by atoms with Gasteiger partial charge in [0.15, 0.2) is 12.4 Å². The van der Waals surface area contributed by atoms with Gasteiger partial charge in [0.2, 0.25) is 0 Å². The fraction of sp³-hybridized carbons (Fsp3) is 0.273. The second-order valence-corrected chi connectivity index (χ2v) is 10.8. The number of nitrogens with zero attached hydrogens (tertiary/aromatic N) is 1. The van der Waals surface area contributed by atoms with Crippen LogP contribution < -0.4 is 4.90 Å². The van der Waals surface area contributed by atoms with Gasteiger partial charge in [0, 0.05) is 36.2 Å². The highest BCUT2D eigenvalue weighted by Crippen LogP contribution is 2.53. The van der Waals surface area contributed by atoms with E-state index in [-0.39, 0.29) is 12.4 Å². The highest BCUT2D eigenvalue weighted by Gasteiger charge is 2.42. The highest BCUT2D eigenvalue weighted by atomic mass is 16.5. The number of fused-ring (bicyclic) bond motifs is 4. The van der Waals surface area contributed by atoms with Crippen LogP contribution in [0.3, 0.4) is 0 Å². The molecule has 3 aromatic carbocycles. The zero-order valence-electron chi connectivity index (χ0n) is 20.7. The fourth-order valence-electron chi connectivity index (χ4n) is 6.77. The predicted octanol–water partition coefficient (Wildman–Crippen LogP) is 6.55. The lowest BCUT2D eigenvalue weighted by Gasteiger charge is -2.46. The molecule has 37 heavy (non-hydrogen) atoms. The number of hydrogen-bond donors (Lipinski definition) is 0. The van der Waals surface area contributed by atoms with E-state index in [9.17, 15) is 9.59 Å². The molecule has 0 saturated heterocycles. The number of esters is 1. The minimum Gasteiger partial charge on any atom is -0.454 e. The van der Waals surface area contributed by atoms with Gasteiger partial charge in [-0.15, -0.1) is 0 Å². The first kappa shape index (κ1) is 22.3. The van der Waals surface area contributed by atoms with Crippen LogP contribution in [0.5, 0.6) is 0 Å². The van der Waals surface area contributed by atoms with Crippen LogP contribution in [0.2, 0.25) is 0 Å². The van der Waals surface area contributed by atoms with E-state index in [4.69, 9.17) is 4.74 Å². The SMILES string of the molecule is O=C(COC(=O)c1cc2c3c(c1)[C@@H]1C=CC[C@@H]1CN3C[C@@H]1CC=C[C@H]21)c1ccc(-c2ccccc2)cc1. The maximum absolute atomic E-state index is 13.2. The van der Waals surface area contributed by atoms with Crippen molar-refractivity contribution >= 4 is 17.4 Å². The largest absolute Gasteiger partial charge is 0.454 e. The lowest BCUT2D eigenvalue weighted by Crippen LogP contribution is -2.43. The first-order valence-corrected chi connectivity index (χ1v) is 13.3. The molecule has 0 saturated carbocycles. The fourth-order valence-corrected chi connectivity index (χ4v) is 6.77. The van der Waals surface area contributed by atoms with Crippen LogP contribution in [0.15, 0.2) is 91.0 Å². The molecule has 184 valence electrons. The van der Waals surface area contributed by atoms with Crippen LogP contribution in [0.1, 0.15) is 56.5 Å². The summed E-state index contributed by atoms with van der Waals surface area (Å²) in [6, 6.07) is 21.6. The lowest BCUT2D eigenvalue weighted by molar-refractivity contribution is 0.0474. The normalized spacial score (nSPS) is 24.4. The van der Waals surface area contributed by atoms with Crippen molar-refractivity contribution in [1.82, 2.24) is 0 Å². The maximum atomic E-state index is 13.2. The number of ketones is 1. The monoisotopic (exact) mass is 487 g/mol. The maximum Gasteiger partial charge on any atom is 0.338 e. The molecule has 3 aromatic rings. The van der Waals surface area contributed by atoms with Gasteiger partial charge in [-0.05, 0) is 59.1 Å². The van der Waals surface area contributed by atoms with Crippen molar-refractivity contribution in [3.05, 3.63) is 113 Å². The molecule has 2 heterocycles. The number of carbonyl (C=O) groups is 2. The highest BCUT2D eigenvalue weighted by molar-refractivity contribution is 6.00. The van der Waals surface area contributed by atoms with Crippen molar-refractivity contribution in [2.45, 2.75) is 24.7 Å². The summed E-state index contributed by atoms with van der Waals surface area (Å²) in [4.78, 5) is 28.6. The number of hydrogen-bond acceptors (Lipinski definition) is 4. The van der Waals surface area contributed by atoms with Crippen LogP contribution in [-0.4, -0.2) is 31.4 Å². The average molecular weight is 488 g/mol. The molecule has 4 nitrogen and oxygen atoms in total. The molecule has 0 bridgehead atoms. The molecule has 2 aliphatic carbocycles. The molecular weight excluding hydrogens is 458 g/mol. The molecular formula is C33H29NO3. The Labute approximate surface area is 217 Å². The van der Waals surface area contributed by atoms with Gasteiger partial charge < -0.3 is 9.64 Å². The Morgan fingerprint density at radius 3 is 1.97 bits per heavy atom. The third-order valence-corrected chi connectivity index (χ3v) is 8.58. The van der Waals surface area contributed by atoms with Gasteiger partial charge in [-0.2, -0.15) is 0 Å². The Balaban J connectivity index is 1.12. The molecule has 4 heteroatoms. The van der Waals surface area contributed by atoms with Crippen LogP contribution in [0.25, 0.3) is 11.1 Å². The molecule has 0 fully saturated rings. The summed E-state index contributed by atoms with van der Waals surface area (Å²) in [5.41, 5.74) is 7.06. The van der Waals surface area contributed by atoms with E-state index in [1.54, 1.807) is 12.1 Å². The van der Waals surface area contributed by atoms with Crippen molar-refractivity contribution in [2.75, 3.05) is 24.6 Å². The molecule has 7 rings (SSSR count). The van der Waals surface area contributed by atoms with E-state index in [0.717, 1.165) is 37.1 Å². The number of anilines is 1. The van der Waals surface area contributed by atoms with Crippen molar-refractivity contribution in [2.24, 2.45) is 11.8 Å². The number of carbonyl (C=O) groups excluding carboxylic acids is 2. The smallest absolute Gasteiger partial charge is 0.338 e. The van der Waals surface area contributed by atoms with Gasteiger partial charge in [0.25, 0.3) is 0 Å². The van der Waals surface area contributed by atoms with Gasteiger partial charge >= 0.3 is 5.97 Å². The molecule has 2 aliphatic heterocycles. The summed E-state index contributed by atoms with van der Waals surface area (Å²) >= 11 is 0. The summed E-state index contributed by atoms with van der Waals surface area (Å²) < 4.78 is 5.58. The standard InChI is InChI=1S/C33H29NO3/c35-31(23-14-12-22(13-15-23)21-6-2-1-3-7-21)20-37-33(36)26-16-29-27-10-4-8-24(27)18-34-19-25-9-5-11-28(25)30(17-26)32(29)34/h1-7,10-17,24-25,27-28H,8-9,18-20H2/t24-,25+,27-,28+. The van der Waals surface area contributed by atoms with E-state index in [2.05, 4.69) is 29.2 Å². The van der Waals surface area contributed by atoms with Crippen LogP contribution in [0.4, 0.5) is 5.69 Å². The zero-order chi connectivity index (χ0) is 24.9. The van der Waals surface area contributed by atoms with Gasteiger partial charge in [-0.3, -0.25) is 4.79 Å². The second kappa shape index (κ2) is 8.88. The third-order valence-electron chi connectivity index (χ3n) is 8.58. The molecule has 0 spiro atoms. The van der Waals surface area contributed by atoms with E-state index >= 15 is 0 Å². The number of Topliss-reactive ketones (excluding diaryl/α,β-unsaturated/α-hetero) is 1. The molecule has 4 aliphatic rings. The minimum absolute atomic E-state index is 0.198. The Morgan fingerprint density at radius 2 is 1.35 bits per heavy atom. The third kappa shape index (κ3) is 3.83. The Bertz CT molecular complexity index is 1390. The summed E-state index contributed by atoms with van der Waals surface area (Å²) in [5, 5.41) is 0. The number of ether oxygens (including phenoxy) is 1. The van der Waals surface area contributed by atoms with Crippen LogP contribution in [0, 0.1) is 11.8 Å². The quantitative estimate of drug-likeness (QED) is 0.233. The molecule has 0 unspecified atom stereocenters. The van der Waals surface area contributed by atoms with Crippen LogP contribution >= 0.6 is 0 Å². The summed E-state index contributed by atoms with van der Waals surface area (Å²) in [7, 11) is 0. The number of allylic oxidation sites excluding steroid dienone is 4. The van der Waals surface area contributed by atoms with Crippen molar-refractivity contribution in [3.63, 3.8) is 0 Å². The summed E-state index contributed by atoms with van der Waals surface area (Å²) in [6.07, 6.45) is 11.4. The van der Waals surface area contributed by atoms with Crippen LogP contribution in [-0.2, 0) is 4.74 Å². The second-order valence-electron chi connectivity index (χ2n) is 10.8. The van der Waals surface area contributed by atoms with Crippen molar-refractivity contribution < 1.29 is 14.3 Å². The molecule has 0 N–H and O–H groups in total. The van der Waals surface area contributed by atoms with E-state index in [1.165, 1.54) is 16.8 Å². The average Bonchev–Trinajstić information content (AvgIpc) is 3.62. The van der Waals surface area contributed by atoms with Gasteiger partial charge in [-0.25, -0.2) is 4.79 Å². The van der Waals surface area contributed by atoms with E-state index in [0.29, 0.717) is 34.8 Å². The molecule has 0 aromatic heterocycles. The van der Waals surface area contributed by atoms with Gasteiger partial charge in [-0.1, -0.05) is 78.9 Å². The first-order valence-electron chi connectivity index (χ1n) is 13.3. The lowest BCUT2D eigenvalue weighted by atomic mass is 9.74. The molecule has 4 atom stereocenters. The zero-order valence-corrected chi connectivity index (χ0v) is 20.7. The first-order chi connectivity index (χ1) is 18.2. The van der Waals surface area contributed by atoms with E-state index < -0.39 is 5.97 Å². The summed E-state index contributed by atoms with van der Waals surface area (Å²) in [5.74, 6) is 1.22.